The van der Waals surface area contributed by atoms with Crippen LogP contribution in [0.1, 0.15) is 32.6 Å². The van der Waals surface area contributed by atoms with E-state index in [1.54, 1.807) is 14.2 Å². The SMILES string of the molecule is CN=C(N)C1(OC)CCC(C)CC1. The number of hydrogen-bond donors (Lipinski definition) is 1. The molecule has 0 atom stereocenters. The maximum Gasteiger partial charge on any atom is 0.126 e. The van der Waals surface area contributed by atoms with Gasteiger partial charge in [-0.1, -0.05) is 6.92 Å². The molecule has 3 heteroatoms. The summed E-state index contributed by atoms with van der Waals surface area (Å²) in [5.74, 6) is 1.45. The van der Waals surface area contributed by atoms with Crippen molar-refractivity contribution in [3.63, 3.8) is 0 Å². The zero-order chi connectivity index (χ0) is 9.90. The number of nitrogens with zero attached hydrogens (tertiary/aromatic N) is 1. The Bertz CT molecular complexity index is 193. The largest absolute Gasteiger partial charge is 0.385 e. The molecule has 0 aromatic carbocycles. The van der Waals surface area contributed by atoms with Gasteiger partial charge < -0.3 is 10.5 Å². The Labute approximate surface area is 80.4 Å². The molecule has 13 heavy (non-hydrogen) atoms. The van der Waals surface area contributed by atoms with Gasteiger partial charge in [-0.25, -0.2) is 0 Å². The van der Waals surface area contributed by atoms with Gasteiger partial charge in [-0.15, -0.1) is 0 Å². The van der Waals surface area contributed by atoms with Gasteiger partial charge in [0.1, 0.15) is 11.4 Å². The summed E-state index contributed by atoms with van der Waals surface area (Å²) in [5.41, 5.74) is 5.60. The van der Waals surface area contributed by atoms with Crippen molar-refractivity contribution in [1.82, 2.24) is 0 Å². The van der Waals surface area contributed by atoms with E-state index in [4.69, 9.17) is 10.5 Å². The first kappa shape index (κ1) is 10.5. The van der Waals surface area contributed by atoms with Gasteiger partial charge in [0.25, 0.3) is 0 Å². The van der Waals surface area contributed by atoms with Crippen LogP contribution in [0.15, 0.2) is 4.99 Å². The van der Waals surface area contributed by atoms with Gasteiger partial charge in [0.05, 0.1) is 0 Å². The highest BCUT2D eigenvalue weighted by atomic mass is 16.5. The van der Waals surface area contributed by atoms with E-state index in [0.29, 0.717) is 5.84 Å². The van der Waals surface area contributed by atoms with Crippen LogP contribution < -0.4 is 5.73 Å². The molecule has 76 valence electrons. The number of rotatable bonds is 2. The highest BCUT2D eigenvalue weighted by Gasteiger charge is 2.37. The maximum absolute atomic E-state index is 5.86. The third kappa shape index (κ3) is 2.02. The monoisotopic (exact) mass is 184 g/mol. The van der Waals surface area contributed by atoms with Crippen molar-refractivity contribution in [2.45, 2.75) is 38.2 Å². The van der Waals surface area contributed by atoms with Crippen LogP contribution in [0.3, 0.4) is 0 Å². The smallest absolute Gasteiger partial charge is 0.126 e. The first-order valence-electron chi connectivity index (χ1n) is 4.92. The summed E-state index contributed by atoms with van der Waals surface area (Å²) in [5, 5.41) is 0. The molecule has 0 heterocycles. The second-order valence-electron chi connectivity index (χ2n) is 3.99. The van der Waals surface area contributed by atoms with Gasteiger partial charge in [-0.3, -0.25) is 4.99 Å². The van der Waals surface area contributed by atoms with E-state index in [0.717, 1.165) is 18.8 Å². The highest BCUT2D eigenvalue weighted by Crippen LogP contribution is 2.34. The molecular formula is C10H20N2O. The van der Waals surface area contributed by atoms with Crippen molar-refractivity contribution in [2.24, 2.45) is 16.6 Å². The molecule has 0 bridgehead atoms. The van der Waals surface area contributed by atoms with Gasteiger partial charge in [0.15, 0.2) is 0 Å². The zero-order valence-electron chi connectivity index (χ0n) is 8.84. The summed E-state index contributed by atoms with van der Waals surface area (Å²) >= 11 is 0. The van der Waals surface area contributed by atoms with E-state index < -0.39 is 0 Å². The fraction of sp³-hybridized carbons (Fsp3) is 0.900. The zero-order valence-corrected chi connectivity index (χ0v) is 8.84. The highest BCUT2D eigenvalue weighted by molar-refractivity contribution is 5.89. The van der Waals surface area contributed by atoms with E-state index >= 15 is 0 Å². The fourth-order valence-corrected chi connectivity index (χ4v) is 2.00. The second-order valence-corrected chi connectivity index (χ2v) is 3.99. The van der Waals surface area contributed by atoms with Crippen LogP contribution in [0.25, 0.3) is 0 Å². The molecule has 0 aromatic rings. The summed E-state index contributed by atoms with van der Waals surface area (Å²) in [6.45, 7) is 2.28. The minimum atomic E-state index is -0.263. The topological polar surface area (TPSA) is 47.6 Å². The number of aliphatic imine (C=N–C) groups is 1. The standard InChI is InChI=1S/C10H20N2O/c1-8-4-6-10(13-3,7-5-8)9(11)12-2/h8H,4-7H2,1-3H3,(H2,11,12). The second kappa shape index (κ2) is 4.09. The Hall–Kier alpha value is -0.570. The summed E-state index contributed by atoms with van der Waals surface area (Å²) < 4.78 is 5.52. The fourth-order valence-electron chi connectivity index (χ4n) is 2.00. The van der Waals surface area contributed by atoms with Crippen LogP contribution in [0, 0.1) is 5.92 Å². The quantitative estimate of drug-likeness (QED) is 0.523. The van der Waals surface area contributed by atoms with E-state index in [-0.39, 0.29) is 5.60 Å². The molecule has 0 spiro atoms. The Morgan fingerprint density at radius 3 is 2.38 bits per heavy atom. The summed E-state index contributed by atoms with van der Waals surface area (Å²) in [6, 6.07) is 0. The van der Waals surface area contributed by atoms with Crippen LogP contribution in [0.4, 0.5) is 0 Å². The van der Waals surface area contributed by atoms with Crippen molar-refractivity contribution in [3.8, 4) is 0 Å². The summed E-state index contributed by atoms with van der Waals surface area (Å²) in [7, 11) is 3.46. The minimum absolute atomic E-state index is 0.263. The third-order valence-electron chi connectivity index (χ3n) is 3.18. The van der Waals surface area contributed by atoms with Gasteiger partial charge in [0.2, 0.25) is 0 Å². The summed E-state index contributed by atoms with van der Waals surface area (Å²) in [4.78, 5) is 4.05. The van der Waals surface area contributed by atoms with Crippen molar-refractivity contribution in [2.75, 3.05) is 14.2 Å². The molecule has 0 aromatic heterocycles. The first-order valence-corrected chi connectivity index (χ1v) is 4.92. The molecule has 0 aliphatic heterocycles. The first-order chi connectivity index (χ1) is 6.14. The summed E-state index contributed by atoms with van der Waals surface area (Å²) in [6.07, 6.45) is 4.38. The van der Waals surface area contributed by atoms with Crippen LogP contribution in [-0.2, 0) is 4.74 Å². The maximum atomic E-state index is 5.86. The van der Waals surface area contributed by atoms with Crippen LogP contribution in [0.5, 0.6) is 0 Å². The molecule has 1 aliphatic carbocycles. The Morgan fingerprint density at radius 1 is 1.46 bits per heavy atom. The average molecular weight is 184 g/mol. The number of nitrogens with two attached hydrogens (primary N) is 1. The number of ether oxygens (including phenoxy) is 1. The van der Waals surface area contributed by atoms with Crippen LogP contribution in [0.2, 0.25) is 0 Å². The molecule has 3 nitrogen and oxygen atoms in total. The lowest BCUT2D eigenvalue weighted by Gasteiger charge is -2.37. The third-order valence-corrected chi connectivity index (χ3v) is 3.18. The average Bonchev–Trinajstić information content (AvgIpc) is 2.18. The van der Waals surface area contributed by atoms with Crippen molar-refractivity contribution in [1.29, 1.82) is 0 Å². The molecule has 0 saturated heterocycles. The van der Waals surface area contributed by atoms with Gasteiger partial charge in [-0.05, 0) is 31.6 Å². The lowest BCUT2D eigenvalue weighted by molar-refractivity contribution is 0.00807. The molecule has 0 radical (unpaired) electrons. The molecular weight excluding hydrogens is 164 g/mol. The Kier molecular flexibility index (Phi) is 3.31. The van der Waals surface area contributed by atoms with Crippen LogP contribution in [-0.4, -0.2) is 25.6 Å². The Morgan fingerprint density at radius 2 is 2.00 bits per heavy atom. The van der Waals surface area contributed by atoms with Gasteiger partial charge in [-0.2, -0.15) is 0 Å². The lowest BCUT2D eigenvalue weighted by atomic mass is 9.79. The lowest BCUT2D eigenvalue weighted by Crippen LogP contribution is -2.48. The van der Waals surface area contributed by atoms with Crippen molar-refractivity contribution < 1.29 is 4.74 Å². The molecule has 0 amide bonds. The molecule has 1 saturated carbocycles. The number of hydrogen-bond acceptors (Lipinski definition) is 2. The van der Waals surface area contributed by atoms with Crippen molar-refractivity contribution in [3.05, 3.63) is 0 Å². The van der Waals surface area contributed by atoms with Crippen molar-refractivity contribution >= 4 is 5.84 Å². The molecule has 1 rings (SSSR count). The Balaban J connectivity index is 2.71. The molecule has 1 aliphatic rings. The van der Waals surface area contributed by atoms with E-state index in [2.05, 4.69) is 11.9 Å². The molecule has 1 fully saturated rings. The number of amidine groups is 1. The number of methoxy groups -OCH3 is 1. The minimum Gasteiger partial charge on any atom is -0.385 e. The molecule has 2 N–H and O–H groups in total. The van der Waals surface area contributed by atoms with Crippen LogP contribution >= 0.6 is 0 Å². The predicted octanol–water partition coefficient (Wildman–Crippen LogP) is 1.57. The normalized spacial score (nSPS) is 36.2. The van der Waals surface area contributed by atoms with E-state index in [9.17, 15) is 0 Å². The van der Waals surface area contributed by atoms with Gasteiger partial charge in [0, 0.05) is 14.2 Å². The molecule has 0 unspecified atom stereocenters. The van der Waals surface area contributed by atoms with E-state index in [1.165, 1.54) is 12.8 Å². The predicted molar refractivity (Wildman–Crippen MR) is 54.9 cm³/mol. The van der Waals surface area contributed by atoms with E-state index in [1.807, 2.05) is 0 Å². The van der Waals surface area contributed by atoms with Gasteiger partial charge >= 0.3 is 0 Å².